The van der Waals surface area contributed by atoms with Crippen LogP contribution in [0, 0.1) is 0 Å². The van der Waals surface area contributed by atoms with Gasteiger partial charge in [-0.2, -0.15) is 0 Å². The molecule has 1 aromatic heterocycles. The minimum absolute atomic E-state index is 0.316. The van der Waals surface area contributed by atoms with Gasteiger partial charge >= 0.3 is 5.97 Å². The van der Waals surface area contributed by atoms with Gasteiger partial charge in [0.25, 0.3) is 0 Å². The zero-order valence-corrected chi connectivity index (χ0v) is 14.4. The molecule has 0 fully saturated rings. The molecule has 1 heterocycles. The number of carboxylic acid groups (broad SMARTS) is 1. The van der Waals surface area contributed by atoms with Crippen molar-refractivity contribution in [1.29, 1.82) is 0 Å². The Bertz CT molecular complexity index is 822. The van der Waals surface area contributed by atoms with E-state index in [1.54, 1.807) is 0 Å². The highest BCUT2D eigenvalue weighted by atomic mass is 16.4. The van der Waals surface area contributed by atoms with Crippen LogP contribution in [0.5, 0.6) is 0 Å². The summed E-state index contributed by atoms with van der Waals surface area (Å²) in [6.07, 6.45) is 2.29. The molecule has 0 aliphatic rings. The third-order valence-corrected chi connectivity index (χ3v) is 3.93. The maximum atomic E-state index is 11.1. The number of aliphatic carboxylic acids is 1. The summed E-state index contributed by atoms with van der Waals surface area (Å²) in [7, 11) is 1.97. The van der Waals surface area contributed by atoms with Gasteiger partial charge in [0, 0.05) is 30.6 Å². The predicted octanol–water partition coefficient (Wildman–Crippen LogP) is 3.83. The molecule has 0 radical (unpaired) electrons. The van der Waals surface area contributed by atoms with Gasteiger partial charge in [-0.3, -0.25) is 4.79 Å². The average Bonchev–Trinajstić information content (AvgIpc) is 2.93. The normalized spacial score (nSPS) is 11.7. The number of rotatable bonds is 4. The van der Waals surface area contributed by atoms with Gasteiger partial charge in [0.2, 0.25) is 0 Å². The van der Waals surface area contributed by atoms with E-state index < -0.39 is 12.0 Å². The van der Waals surface area contributed by atoms with Crippen LogP contribution in [-0.2, 0) is 18.3 Å². The van der Waals surface area contributed by atoms with Crippen LogP contribution in [0.2, 0.25) is 0 Å². The first-order chi connectivity index (χ1) is 11.6. The molecule has 0 saturated heterocycles. The molecule has 3 rings (SSSR count). The van der Waals surface area contributed by atoms with Crippen molar-refractivity contribution in [2.75, 3.05) is 0 Å². The van der Waals surface area contributed by atoms with Crippen LogP contribution in [-0.4, -0.2) is 21.7 Å². The van der Waals surface area contributed by atoms with Crippen molar-refractivity contribution in [2.24, 2.45) is 12.8 Å². The predicted molar refractivity (Wildman–Crippen MR) is 99.0 cm³/mol. The molecule has 24 heavy (non-hydrogen) atoms. The summed E-state index contributed by atoms with van der Waals surface area (Å²) in [5, 5.41) is 10.2. The largest absolute Gasteiger partial charge is 0.480 e. The fourth-order valence-electron chi connectivity index (χ4n) is 2.88. The smallest absolute Gasteiger partial charge is 0.320 e. The van der Waals surface area contributed by atoms with Crippen LogP contribution in [0.4, 0.5) is 0 Å². The Labute approximate surface area is 142 Å². The molecule has 3 aromatic rings. The number of nitrogens with zero attached hydrogens (tertiary/aromatic N) is 1. The van der Waals surface area contributed by atoms with Gasteiger partial charge in [-0.1, -0.05) is 56.3 Å². The Hall–Kier alpha value is -2.59. The van der Waals surface area contributed by atoms with Crippen LogP contribution in [0.3, 0.4) is 0 Å². The third kappa shape index (κ3) is 3.49. The lowest BCUT2D eigenvalue weighted by atomic mass is 9.97. The highest BCUT2D eigenvalue weighted by molar-refractivity contribution is 5.98. The van der Waals surface area contributed by atoms with Gasteiger partial charge in [0.15, 0.2) is 0 Å². The summed E-state index contributed by atoms with van der Waals surface area (Å²) in [5.41, 5.74) is 9.99. The highest BCUT2D eigenvalue weighted by Crippen LogP contribution is 2.32. The maximum Gasteiger partial charge on any atom is 0.320 e. The van der Waals surface area contributed by atoms with Gasteiger partial charge in [-0.25, -0.2) is 0 Å². The summed E-state index contributed by atoms with van der Waals surface area (Å²) in [4.78, 5) is 11.1. The van der Waals surface area contributed by atoms with Crippen LogP contribution in [0.1, 0.15) is 19.4 Å². The van der Waals surface area contributed by atoms with E-state index in [9.17, 15) is 4.79 Å². The van der Waals surface area contributed by atoms with Crippen molar-refractivity contribution in [3.05, 3.63) is 60.3 Å². The van der Waals surface area contributed by atoms with Gasteiger partial charge in [-0.05, 0) is 22.8 Å². The minimum atomic E-state index is -0.978. The second-order valence-electron chi connectivity index (χ2n) is 5.48. The van der Waals surface area contributed by atoms with Gasteiger partial charge in [0.1, 0.15) is 6.04 Å². The van der Waals surface area contributed by atoms with Crippen LogP contribution in [0.15, 0.2) is 54.7 Å². The molecule has 3 N–H and O–H groups in total. The quantitative estimate of drug-likeness (QED) is 0.766. The summed E-state index contributed by atoms with van der Waals surface area (Å²) in [6.45, 7) is 4.00. The first kappa shape index (κ1) is 17.8. The van der Waals surface area contributed by atoms with Gasteiger partial charge in [0.05, 0.1) is 0 Å². The Morgan fingerprint density at radius 3 is 2.42 bits per heavy atom. The Kier molecular flexibility index (Phi) is 5.77. The van der Waals surface area contributed by atoms with Gasteiger partial charge < -0.3 is 15.4 Å². The summed E-state index contributed by atoms with van der Waals surface area (Å²) >= 11 is 0. The summed E-state index contributed by atoms with van der Waals surface area (Å²) in [6, 6.07) is 15.3. The number of aryl methyl sites for hydroxylation is 1. The lowest BCUT2D eigenvalue weighted by Crippen LogP contribution is -2.32. The van der Waals surface area contributed by atoms with E-state index in [0.29, 0.717) is 6.42 Å². The highest BCUT2D eigenvalue weighted by Gasteiger charge is 2.18. The van der Waals surface area contributed by atoms with E-state index >= 15 is 0 Å². The van der Waals surface area contributed by atoms with Gasteiger partial charge in [-0.15, -0.1) is 0 Å². The van der Waals surface area contributed by atoms with Crippen molar-refractivity contribution in [2.45, 2.75) is 26.3 Å². The lowest BCUT2D eigenvalue weighted by molar-refractivity contribution is -0.138. The summed E-state index contributed by atoms with van der Waals surface area (Å²) < 4.78 is 2.02. The fraction of sp³-hybridized carbons (Fsp3) is 0.250. The number of nitrogens with two attached hydrogens (primary N) is 1. The van der Waals surface area contributed by atoms with Crippen molar-refractivity contribution in [3.63, 3.8) is 0 Å². The average molecular weight is 324 g/mol. The number of hydrogen-bond acceptors (Lipinski definition) is 2. The van der Waals surface area contributed by atoms with E-state index in [1.165, 1.54) is 0 Å². The molecule has 0 saturated carbocycles. The van der Waals surface area contributed by atoms with Crippen molar-refractivity contribution in [1.82, 2.24) is 4.57 Å². The zero-order chi connectivity index (χ0) is 17.7. The van der Waals surface area contributed by atoms with Crippen molar-refractivity contribution >= 4 is 16.9 Å². The second-order valence-corrected chi connectivity index (χ2v) is 5.48. The number of hydrogen-bond donors (Lipinski definition) is 2. The van der Waals surface area contributed by atoms with E-state index in [2.05, 4.69) is 18.2 Å². The maximum absolute atomic E-state index is 11.1. The number of carbonyl (C=O) groups is 1. The van der Waals surface area contributed by atoms with E-state index in [-0.39, 0.29) is 0 Å². The number of benzene rings is 2. The molecule has 4 nitrogen and oxygen atoms in total. The second kappa shape index (κ2) is 7.79. The van der Waals surface area contributed by atoms with Crippen molar-refractivity contribution in [3.8, 4) is 11.1 Å². The molecule has 0 aliphatic heterocycles. The Balaban J connectivity index is 0.00000100. The minimum Gasteiger partial charge on any atom is -0.480 e. The zero-order valence-electron chi connectivity index (χ0n) is 14.4. The number of aromatic nitrogens is 1. The first-order valence-corrected chi connectivity index (χ1v) is 8.18. The van der Waals surface area contributed by atoms with Crippen LogP contribution >= 0.6 is 0 Å². The molecule has 0 amide bonds. The summed E-state index contributed by atoms with van der Waals surface area (Å²) in [5.74, 6) is -0.978. The van der Waals surface area contributed by atoms with Crippen LogP contribution in [0.25, 0.3) is 22.0 Å². The molecule has 2 aromatic carbocycles. The molecular weight excluding hydrogens is 300 g/mol. The molecule has 126 valence electrons. The van der Waals surface area contributed by atoms with E-state index in [0.717, 1.165) is 27.6 Å². The monoisotopic (exact) mass is 324 g/mol. The molecule has 1 atom stereocenters. The first-order valence-electron chi connectivity index (χ1n) is 8.18. The standard InChI is InChI=1S/C18H18N2O2.C2H6/c1-20-11-13(10-15(19)18(21)22)17-14(8-5-9-16(17)20)12-6-3-2-4-7-12;1-2/h2-9,11,15H,10,19H2,1H3,(H,21,22);1-2H3. The molecule has 0 bridgehead atoms. The number of carboxylic acids is 1. The Morgan fingerprint density at radius 1 is 1.12 bits per heavy atom. The SMILES string of the molecule is CC.Cn1cc(CC(N)C(=O)O)c2c(-c3ccccc3)cccc21. The number of fused-ring (bicyclic) bond motifs is 1. The molecule has 0 spiro atoms. The molecule has 1 unspecified atom stereocenters. The molecule has 4 heteroatoms. The van der Waals surface area contributed by atoms with Crippen LogP contribution < -0.4 is 5.73 Å². The molecule has 0 aliphatic carbocycles. The Morgan fingerprint density at radius 2 is 1.79 bits per heavy atom. The fourth-order valence-corrected chi connectivity index (χ4v) is 2.88. The molecular formula is C20H24N2O2. The van der Waals surface area contributed by atoms with E-state index in [4.69, 9.17) is 10.8 Å². The topological polar surface area (TPSA) is 68.2 Å². The third-order valence-electron chi connectivity index (χ3n) is 3.93. The van der Waals surface area contributed by atoms with E-state index in [1.807, 2.05) is 62.0 Å². The van der Waals surface area contributed by atoms with Crippen molar-refractivity contribution < 1.29 is 9.90 Å². The lowest BCUT2D eigenvalue weighted by Gasteiger charge is -2.09.